The van der Waals surface area contributed by atoms with E-state index in [4.69, 9.17) is 4.74 Å². The number of rotatable bonds is 6. The van der Waals surface area contributed by atoms with Crippen LogP contribution in [0.5, 0.6) is 5.75 Å². The molecule has 0 heterocycles. The van der Waals surface area contributed by atoms with Gasteiger partial charge in [-0.3, -0.25) is 4.79 Å². The van der Waals surface area contributed by atoms with Crippen molar-refractivity contribution in [3.63, 3.8) is 0 Å². The van der Waals surface area contributed by atoms with Crippen molar-refractivity contribution in [1.29, 1.82) is 0 Å². The van der Waals surface area contributed by atoms with E-state index in [0.29, 0.717) is 11.7 Å². The second-order valence-electron chi connectivity index (χ2n) is 6.23. The minimum absolute atomic E-state index is 0.0925. The van der Waals surface area contributed by atoms with Crippen molar-refractivity contribution in [1.82, 2.24) is 5.43 Å². The topological polar surface area (TPSA) is 50.7 Å². The van der Waals surface area contributed by atoms with Crippen molar-refractivity contribution in [2.45, 2.75) is 33.6 Å². The summed E-state index contributed by atoms with van der Waals surface area (Å²) in [6.45, 7) is 8.07. The van der Waals surface area contributed by atoms with Crippen molar-refractivity contribution in [2.24, 2.45) is 5.10 Å². The lowest BCUT2D eigenvalue weighted by Gasteiger charge is -2.09. The standard InChI is InChI=1S/C20H23BrN2O2/c1-13(2)16-6-8-17(9-7-16)15(4)22-23-20(24)12-25-19-10-5-14(3)11-18(19)21/h5-11,13H,12H2,1-4H3,(H,23,24). The van der Waals surface area contributed by atoms with E-state index in [1.165, 1.54) is 5.56 Å². The molecule has 0 atom stereocenters. The molecule has 0 bridgehead atoms. The van der Waals surface area contributed by atoms with Crippen LogP contribution in [0, 0.1) is 6.92 Å². The summed E-state index contributed by atoms with van der Waals surface area (Å²) in [5.41, 5.74) is 6.65. The number of hydrogen-bond donors (Lipinski definition) is 1. The van der Waals surface area contributed by atoms with Gasteiger partial charge in [-0.25, -0.2) is 5.43 Å². The summed E-state index contributed by atoms with van der Waals surface area (Å²) in [7, 11) is 0. The van der Waals surface area contributed by atoms with E-state index in [2.05, 4.69) is 52.4 Å². The Bertz CT molecular complexity index is 768. The minimum Gasteiger partial charge on any atom is -0.483 e. The summed E-state index contributed by atoms with van der Waals surface area (Å²) in [6.07, 6.45) is 0. The zero-order chi connectivity index (χ0) is 18.4. The van der Waals surface area contributed by atoms with Crippen LogP contribution in [0.15, 0.2) is 52.0 Å². The van der Waals surface area contributed by atoms with Crippen molar-refractivity contribution in [3.05, 3.63) is 63.6 Å². The molecule has 0 radical (unpaired) electrons. The Balaban J connectivity index is 1.90. The third-order valence-electron chi connectivity index (χ3n) is 3.79. The molecule has 4 nitrogen and oxygen atoms in total. The van der Waals surface area contributed by atoms with Gasteiger partial charge >= 0.3 is 0 Å². The van der Waals surface area contributed by atoms with E-state index in [9.17, 15) is 4.79 Å². The highest BCUT2D eigenvalue weighted by molar-refractivity contribution is 9.10. The summed E-state index contributed by atoms with van der Waals surface area (Å²) < 4.78 is 6.33. The molecular formula is C20H23BrN2O2. The van der Waals surface area contributed by atoms with Gasteiger partial charge in [0.05, 0.1) is 10.2 Å². The molecule has 2 aromatic rings. The molecule has 1 amide bonds. The summed E-state index contributed by atoms with van der Waals surface area (Å²) in [5, 5.41) is 4.14. The molecule has 25 heavy (non-hydrogen) atoms. The molecule has 0 aromatic heterocycles. The Labute approximate surface area is 157 Å². The average Bonchev–Trinajstić information content (AvgIpc) is 2.59. The molecule has 1 N–H and O–H groups in total. The third kappa shape index (κ3) is 5.71. The van der Waals surface area contributed by atoms with E-state index in [1.807, 2.05) is 44.2 Å². The molecule has 0 saturated carbocycles. The normalized spacial score (nSPS) is 11.5. The second-order valence-corrected chi connectivity index (χ2v) is 7.09. The number of hydrogen-bond acceptors (Lipinski definition) is 3. The molecule has 5 heteroatoms. The fraction of sp³-hybridized carbons (Fsp3) is 0.300. The van der Waals surface area contributed by atoms with Gasteiger partial charge in [-0.2, -0.15) is 5.10 Å². The van der Waals surface area contributed by atoms with Crippen LogP contribution >= 0.6 is 15.9 Å². The zero-order valence-corrected chi connectivity index (χ0v) is 16.6. The van der Waals surface area contributed by atoms with Crippen LogP contribution in [-0.2, 0) is 4.79 Å². The summed E-state index contributed by atoms with van der Waals surface area (Å²) >= 11 is 3.42. The molecule has 0 spiro atoms. The predicted octanol–water partition coefficient (Wildman–Crippen LogP) is 4.80. The maximum atomic E-state index is 11.9. The Morgan fingerprint density at radius 2 is 1.88 bits per heavy atom. The first-order valence-corrected chi connectivity index (χ1v) is 8.98. The van der Waals surface area contributed by atoms with Crippen molar-refractivity contribution >= 4 is 27.5 Å². The van der Waals surface area contributed by atoms with Crippen LogP contribution in [-0.4, -0.2) is 18.2 Å². The van der Waals surface area contributed by atoms with Crippen LogP contribution in [0.2, 0.25) is 0 Å². The van der Waals surface area contributed by atoms with E-state index >= 15 is 0 Å². The fourth-order valence-electron chi connectivity index (χ4n) is 2.22. The number of nitrogens with zero attached hydrogens (tertiary/aromatic N) is 1. The smallest absolute Gasteiger partial charge is 0.277 e. The Morgan fingerprint density at radius 1 is 1.20 bits per heavy atom. The molecule has 0 aliphatic carbocycles. The Hall–Kier alpha value is -2.14. The molecule has 0 aliphatic rings. The van der Waals surface area contributed by atoms with Crippen molar-refractivity contribution in [3.8, 4) is 5.75 Å². The molecular weight excluding hydrogens is 380 g/mol. The van der Waals surface area contributed by atoms with Crippen LogP contribution in [0.25, 0.3) is 0 Å². The van der Waals surface area contributed by atoms with Gasteiger partial charge in [-0.05, 0) is 64.5 Å². The number of aryl methyl sites for hydroxylation is 1. The van der Waals surface area contributed by atoms with Crippen LogP contribution in [0.3, 0.4) is 0 Å². The quantitative estimate of drug-likeness (QED) is 0.557. The Morgan fingerprint density at radius 3 is 2.48 bits per heavy atom. The van der Waals surface area contributed by atoms with Crippen LogP contribution in [0.1, 0.15) is 43.4 Å². The summed E-state index contributed by atoms with van der Waals surface area (Å²) in [6, 6.07) is 13.9. The monoisotopic (exact) mass is 402 g/mol. The molecule has 2 rings (SSSR count). The lowest BCUT2D eigenvalue weighted by Crippen LogP contribution is -2.25. The van der Waals surface area contributed by atoms with Gasteiger partial charge in [-0.15, -0.1) is 0 Å². The number of nitrogens with one attached hydrogen (secondary N) is 1. The summed E-state index contributed by atoms with van der Waals surface area (Å²) in [5.74, 6) is 0.820. The second kappa shape index (κ2) is 8.81. The zero-order valence-electron chi connectivity index (χ0n) is 15.0. The summed E-state index contributed by atoms with van der Waals surface area (Å²) in [4.78, 5) is 11.9. The van der Waals surface area contributed by atoms with E-state index in [1.54, 1.807) is 0 Å². The first-order valence-electron chi connectivity index (χ1n) is 8.19. The first-order chi connectivity index (χ1) is 11.9. The molecule has 132 valence electrons. The number of hydrazone groups is 1. The number of carbonyl (C=O) groups excluding carboxylic acids is 1. The number of carbonyl (C=O) groups is 1. The number of amides is 1. The van der Waals surface area contributed by atoms with E-state index in [-0.39, 0.29) is 12.5 Å². The maximum absolute atomic E-state index is 11.9. The number of benzene rings is 2. The van der Waals surface area contributed by atoms with Gasteiger partial charge < -0.3 is 4.74 Å². The largest absolute Gasteiger partial charge is 0.483 e. The van der Waals surface area contributed by atoms with Crippen LogP contribution < -0.4 is 10.2 Å². The van der Waals surface area contributed by atoms with Gasteiger partial charge in [0.15, 0.2) is 6.61 Å². The van der Waals surface area contributed by atoms with E-state index < -0.39 is 0 Å². The highest BCUT2D eigenvalue weighted by Crippen LogP contribution is 2.25. The SMILES string of the molecule is CC(=NNC(=O)COc1ccc(C)cc1Br)c1ccc(C(C)C)cc1. The van der Waals surface area contributed by atoms with E-state index in [0.717, 1.165) is 21.3 Å². The lowest BCUT2D eigenvalue weighted by molar-refractivity contribution is -0.123. The van der Waals surface area contributed by atoms with Crippen LogP contribution in [0.4, 0.5) is 0 Å². The average molecular weight is 403 g/mol. The van der Waals surface area contributed by atoms with Gasteiger partial charge in [0.25, 0.3) is 5.91 Å². The fourth-order valence-corrected chi connectivity index (χ4v) is 2.83. The lowest BCUT2D eigenvalue weighted by atomic mass is 10.0. The third-order valence-corrected chi connectivity index (χ3v) is 4.41. The van der Waals surface area contributed by atoms with Crippen molar-refractivity contribution < 1.29 is 9.53 Å². The maximum Gasteiger partial charge on any atom is 0.277 e. The Kier molecular flexibility index (Phi) is 6.76. The minimum atomic E-state index is -0.300. The van der Waals surface area contributed by atoms with Gasteiger partial charge in [-0.1, -0.05) is 44.2 Å². The molecule has 0 saturated heterocycles. The van der Waals surface area contributed by atoms with Gasteiger partial charge in [0.1, 0.15) is 5.75 Å². The number of halogens is 1. The molecule has 0 fully saturated rings. The molecule has 2 aromatic carbocycles. The number of ether oxygens (including phenoxy) is 1. The highest BCUT2D eigenvalue weighted by atomic mass is 79.9. The highest BCUT2D eigenvalue weighted by Gasteiger charge is 2.06. The predicted molar refractivity (Wildman–Crippen MR) is 105 cm³/mol. The molecule has 0 unspecified atom stereocenters. The molecule has 0 aliphatic heterocycles. The van der Waals surface area contributed by atoms with Gasteiger partial charge in [0.2, 0.25) is 0 Å². The van der Waals surface area contributed by atoms with Gasteiger partial charge in [0, 0.05) is 0 Å². The van der Waals surface area contributed by atoms with Crippen molar-refractivity contribution in [2.75, 3.05) is 6.61 Å². The first kappa shape index (κ1) is 19.2.